The summed E-state index contributed by atoms with van der Waals surface area (Å²) >= 11 is 6.14. The van der Waals surface area contributed by atoms with E-state index in [4.69, 9.17) is 21.1 Å². The van der Waals surface area contributed by atoms with Crippen molar-refractivity contribution in [2.24, 2.45) is 0 Å². The van der Waals surface area contributed by atoms with E-state index in [1.807, 2.05) is 6.07 Å². The van der Waals surface area contributed by atoms with Crippen molar-refractivity contribution in [3.05, 3.63) is 59.2 Å². The Morgan fingerprint density at radius 3 is 2.57 bits per heavy atom. The number of aryl methyl sites for hydroxylation is 1. The van der Waals surface area contributed by atoms with Crippen LogP contribution in [0, 0.1) is 0 Å². The van der Waals surface area contributed by atoms with Gasteiger partial charge >= 0.3 is 0 Å². The molecule has 0 spiro atoms. The Labute approximate surface area is 169 Å². The second-order valence-electron chi connectivity index (χ2n) is 5.99. The van der Waals surface area contributed by atoms with Crippen molar-refractivity contribution in [2.75, 3.05) is 31.4 Å². The molecule has 0 aliphatic heterocycles. The van der Waals surface area contributed by atoms with Crippen molar-refractivity contribution in [1.29, 1.82) is 0 Å². The third kappa shape index (κ3) is 5.23. The second kappa shape index (κ2) is 9.75. The zero-order valence-corrected chi connectivity index (χ0v) is 16.5. The highest BCUT2D eigenvalue weighted by molar-refractivity contribution is 6.32. The summed E-state index contributed by atoms with van der Waals surface area (Å²) in [5.74, 6) is 2.06. The Bertz CT molecular complexity index is 908. The van der Waals surface area contributed by atoms with Crippen LogP contribution in [-0.2, 0) is 6.42 Å². The van der Waals surface area contributed by atoms with Gasteiger partial charge in [0.2, 0.25) is 5.95 Å². The van der Waals surface area contributed by atoms with Gasteiger partial charge in [0.25, 0.3) is 0 Å². The fourth-order valence-electron chi connectivity index (χ4n) is 2.67. The van der Waals surface area contributed by atoms with Crippen LogP contribution in [0.4, 0.5) is 17.5 Å². The molecule has 0 saturated carbocycles. The van der Waals surface area contributed by atoms with Gasteiger partial charge in [-0.05, 0) is 18.4 Å². The molecule has 0 unspecified atom stereocenters. The zero-order valence-electron chi connectivity index (χ0n) is 15.8. The quantitative estimate of drug-likeness (QED) is 0.518. The highest BCUT2D eigenvalue weighted by Crippen LogP contribution is 2.36. The van der Waals surface area contributed by atoms with Gasteiger partial charge in [-0.15, -0.1) is 5.10 Å². The molecule has 1 aromatic heterocycles. The Balaban J connectivity index is 1.62. The summed E-state index contributed by atoms with van der Waals surface area (Å²) in [6.45, 7) is 0.783. The van der Waals surface area contributed by atoms with Gasteiger partial charge in [-0.1, -0.05) is 41.9 Å². The molecule has 7 nitrogen and oxygen atoms in total. The molecule has 3 rings (SSSR count). The monoisotopic (exact) mass is 399 g/mol. The number of nitrogens with zero attached hydrogens (tertiary/aromatic N) is 3. The molecule has 28 heavy (non-hydrogen) atoms. The minimum atomic E-state index is 0.343. The van der Waals surface area contributed by atoms with E-state index in [0.717, 1.165) is 19.4 Å². The Morgan fingerprint density at radius 2 is 1.82 bits per heavy atom. The van der Waals surface area contributed by atoms with Crippen molar-refractivity contribution in [1.82, 2.24) is 15.2 Å². The molecule has 146 valence electrons. The lowest BCUT2D eigenvalue weighted by molar-refractivity contribution is 0.405. The highest BCUT2D eigenvalue weighted by Gasteiger charge is 2.11. The van der Waals surface area contributed by atoms with E-state index < -0.39 is 0 Å². The van der Waals surface area contributed by atoms with E-state index >= 15 is 0 Å². The molecule has 0 saturated heterocycles. The molecule has 3 aromatic rings. The number of aromatic nitrogens is 3. The summed E-state index contributed by atoms with van der Waals surface area (Å²) in [6.07, 6.45) is 3.57. The molecular formula is C20H22ClN5O2. The van der Waals surface area contributed by atoms with Crippen molar-refractivity contribution in [3.8, 4) is 11.5 Å². The van der Waals surface area contributed by atoms with Crippen LogP contribution >= 0.6 is 11.6 Å². The van der Waals surface area contributed by atoms with E-state index in [-0.39, 0.29) is 0 Å². The van der Waals surface area contributed by atoms with E-state index in [0.29, 0.717) is 34.0 Å². The number of nitrogens with one attached hydrogen (secondary N) is 2. The molecule has 0 fully saturated rings. The van der Waals surface area contributed by atoms with E-state index in [1.165, 1.54) is 5.56 Å². The van der Waals surface area contributed by atoms with Crippen molar-refractivity contribution in [2.45, 2.75) is 12.8 Å². The molecule has 1 heterocycles. The van der Waals surface area contributed by atoms with Crippen molar-refractivity contribution < 1.29 is 9.47 Å². The van der Waals surface area contributed by atoms with Crippen LogP contribution in [-0.4, -0.2) is 35.9 Å². The number of rotatable bonds is 9. The molecule has 2 N–H and O–H groups in total. The number of ether oxygens (including phenoxy) is 2. The summed E-state index contributed by atoms with van der Waals surface area (Å²) < 4.78 is 10.6. The minimum absolute atomic E-state index is 0.343. The smallest absolute Gasteiger partial charge is 0.249 e. The molecule has 2 aromatic carbocycles. The predicted octanol–water partition coefficient (Wildman–Crippen LogP) is 4.33. The van der Waals surface area contributed by atoms with Crippen LogP contribution in [0.25, 0.3) is 0 Å². The molecular weight excluding hydrogens is 378 g/mol. The normalized spacial score (nSPS) is 10.4. The van der Waals surface area contributed by atoms with Gasteiger partial charge in [-0.3, -0.25) is 0 Å². The van der Waals surface area contributed by atoms with Crippen LogP contribution in [0.15, 0.2) is 48.7 Å². The van der Waals surface area contributed by atoms with Crippen LogP contribution < -0.4 is 20.1 Å². The van der Waals surface area contributed by atoms with Gasteiger partial charge in [-0.2, -0.15) is 10.1 Å². The van der Waals surface area contributed by atoms with E-state index in [2.05, 4.69) is 50.1 Å². The maximum absolute atomic E-state index is 6.14. The van der Waals surface area contributed by atoms with E-state index in [9.17, 15) is 0 Å². The van der Waals surface area contributed by atoms with Crippen LogP contribution in [0.5, 0.6) is 11.5 Å². The van der Waals surface area contributed by atoms with Gasteiger partial charge in [0.15, 0.2) is 5.82 Å². The SMILES string of the molecule is COc1cc(Nc2nncc(NCCCc3ccccc3)n2)c(OC)cc1Cl. The van der Waals surface area contributed by atoms with E-state index in [1.54, 1.807) is 32.5 Å². The standard InChI is InChI=1S/C20H22ClN5O2/c1-27-17-12-16(18(28-2)11-15(17)21)24-20-25-19(13-23-26-20)22-10-6-9-14-7-4-3-5-8-14/h3-5,7-8,11-13H,6,9-10H2,1-2H3,(H2,22,24,25,26). The molecule has 0 aliphatic rings. The molecule has 0 bridgehead atoms. The van der Waals surface area contributed by atoms with Crippen molar-refractivity contribution >= 4 is 29.1 Å². The van der Waals surface area contributed by atoms with Gasteiger partial charge < -0.3 is 20.1 Å². The lowest BCUT2D eigenvalue weighted by Crippen LogP contribution is -2.08. The number of halogens is 1. The fourth-order valence-corrected chi connectivity index (χ4v) is 2.90. The topological polar surface area (TPSA) is 81.2 Å². The highest BCUT2D eigenvalue weighted by atomic mass is 35.5. The summed E-state index contributed by atoms with van der Waals surface area (Å²) in [5, 5.41) is 14.8. The lowest BCUT2D eigenvalue weighted by atomic mass is 10.1. The summed E-state index contributed by atoms with van der Waals surface area (Å²) in [4.78, 5) is 4.44. The zero-order chi connectivity index (χ0) is 19.8. The maximum atomic E-state index is 6.14. The first-order chi connectivity index (χ1) is 13.7. The third-order valence-corrected chi connectivity index (χ3v) is 4.37. The first-order valence-electron chi connectivity index (χ1n) is 8.85. The fraction of sp³-hybridized carbons (Fsp3) is 0.250. The van der Waals surface area contributed by atoms with Gasteiger partial charge in [-0.25, -0.2) is 0 Å². The average molecular weight is 400 g/mol. The van der Waals surface area contributed by atoms with Crippen LogP contribution in [0.2, 0.25) is 5.02 Å². The molecule has 0 amide bonds. The lowest BCUT2D eigenvalue weighted by Gasteiger charge is -2.13. The number of hydrogen-bond donors (Lipinski definition) is 2. The van der Waals surface area contributed by atoms with Gasteiger partial charge in [0, 0.05) is 18.7 Å². The first-order valence-corrected chi connectivity index (χ1v) is 9.23. The maximum Gasteiger partial charge on any atom is 0.249 e. The Kier molecular flexibility index (Phi) is 6.86. The Hall–Kier alpha value is -3.06. The average Bonchev–Trinajstić information content (AvgIpc) is 2.73. The van der Waals surface area contributed by atoms with Gasteiger partial charge in [0.1, 0.15) is 11.5 Å². The number of hydrogen-bond acceptors (Lipinski definition) is 7. The van der Waals surface area contributed by atoms with Crippen LogP contribution in [0.1, 0.15) is 12.0 Å². The number of benzene rings is 2. The summed E-state index contributed by atoms with van der Waals surface area (Å²) in [7, 11) is 3.11. The van der Waals surface area contributed by atoms with Crippen molar-refractivity contribution in [3.63, 3.8) is 0 Å². The summed E-state index contributed by atoms with van der Waals surface area (Å²) in [5.41, 5.74) is 1.95. The minimum Gasteiger partial charge on any atom is -0.495 e. The molecule has 8 heteroatoms. The second-order valence-corrected chi connectivity index (χ2v) is 6.40. The van der Waals surface area contributed by atoms with Crippen LogP contribution in [0.3, 0.4) is 0 Å². The largest absolute Gasteiger partial charge is 0.495 e. The first kappa shape index (κ1) is 19.7. The van der Waals surface area contributed by atoms with Gasteiger partial charge in [0.05, 0.1) is 31.1 Å². The summed E-state index contributed by atoms with van der Waals surface area (Å²) in [6, 6.07) is 13.8. The number of anilines is 3. The third-order valence-electron chi connectivity index (χ3n) is 4.07. The Morgan fingerprint density at radius 1 is 1.04 bits per heavy atom. The molecule has 0 atom stereocenters. The number of methoxy groups -OCH3 is 2. The molecule has 0 radical (unpaired) electrons. The predicted molar refractivity (Wildman–Crippen MR) is 111 cm³/mol. The molecule has 0 aliphatic carbocycles.